The maximum absolute atomic E-state index is 12.7. The van der Waals surface area contributed by atoms with E-state index in [0.717, 1.165) is 51.9 Å². The van der Waals surface area contributed by atoms with Crippen molar-refractivity contribution in [2.45, 2.75) is 51.0 Å². The van der Waals surface area contributed by atoms with Crippen molar-refractivity contribution in [1.82, 2.24) is 20.1 Å². The molecule has 2 amide bonds. The van der Waals surface area contributed by atoms with Gasteiger partial charge in [-0.3, -0.25) is 14.5 Å². The molecule has 3 rings (SSSR count). The summed E-state index contributed by atoms with van der Waals surface area (Å²) < 4.78 is 0. The number of rotatable bonds is 1. The van der Waals surface area contributed by atoms with E-state index in [1.807, 2.05) is 17.0 Å². The molecule has 0 radical (unpaired) electrons. The summed E-state index contributed by atoms with van der Waals surface area (Å²) in [6.45, 7) is 4.27. The molecule has 6 nitrogen and oxygen atoms in total. The normalized spacial score (nSPS) is 24.4. The number of H-pyrrole nitrogens is 1. The molecule has 1 aromatic rings. The van der Waals surface area contributed by atoms with Gasteiger partial charge in [0.2, 0.25) is 5.91 Å². The highest BCUT2D eigenvalue weighted by molar-refractivity contribution is 5.92. The van der Waals surface area contributed by atoms with Gasteiger partial charge in [-0.1, -0.05) is 6.42 Å². The highest BCUT2D eigenvalue weighted by Crippen LogP contribution is 2.20. The number of aromatic amines is 1. The molecule has 2 N–H and O–H groups in total. The van der Waals surface area contributed by atoms with Crippen molar-refractivity contribution in [3.63, 3.8) is 0 Å². The third kappa shape index (κ3) is 5.08. The van der Waals surface area contributed by atoms with Crippen molar-refractivity contribution in [2.75, 3.05) is 32.7 Å². The first-order valence-corrected chi connectivity index (χ1v) is 9.67. The molecule has 0 bridgehead atoms. The van der Waals surface area contributed by atoms with Gasteiger partial charge in [0.05, 0.1) is 0 Å². The van der Waals surface area contributed by atoms with Crippen molar-refractivity contribution in [1.29, 1.82) is 0 Å². The maximum atomic E-state index is 12.7. The average Bonchev–Trinajstić information content (AvgIpc) is 3.15. The van der Waals surface area contributed by atoms with Crippen LogP contribution in [0.25, 0.3) is 0 Å². The second kappa shape index (κ2) is 9.04. The SMILES string of the molecule is O=C1CC2CCCCN2CCCN(C(=O)c2ccc[nH]2)CCCCN1. The average molecular weight is 346 g/mol. The molecule has 0 aliphatic carbocycles. The molecule has 1 atom stereocenters. The van der Waals surface area contributed by atoms with Crippen LogP contribution in [0.1, 0.15) is 55.4 Å². The Hall–Kier alpha value is -1.82. The van der Waals surface area contributed by atoms with Gasteiger partial charge in [-0.15, -0.1) is 0 Å². The van der Waals surface area contributed by atoms with E-state index in [4.69, 9.17) is 0 Å². The van der Waals surface area contributed by atoms with Gasteiger partial charge in [-0.25, -0.2) is 0 Å². The fraction of sp³-hybridized carbons (Fsp3) is 0.684. The lowest BCUT2D eigenvalue weighted by Gasteiger charge is -2.35. The Morgan fingerprint density at radius 1 is 1.04 bits per heavy atom. The molecule has 6 heteroatoms. The number of fused-ring (bicyclic) bond motifs is 1. The zero-order chi connectivity index (χ0) is 17.5. The lowest BCUT2D eigenvalue weighted by Crippen LogP contribution is -2.44. The summed E-state index contributed by atoms with van der Waals surface area (Å²) >= 11 is 0. The van der Waals surface area contributed by atoms with E-state index >= 15 is 0 Å². The summed E-state index contributed by atoms with van der Waals surface area (Å²) in [6.07, 6.45) is 8.74. The summed E-state index contributed by atoms with van der Waals surface area (Å²) in [5, 5.41) is 3.05. The predicted molar refractivity (Wildman–Crippen MR) is 97.4 cm³/mol. The molecule has 2 aliphatic heterocycles. The maximum Gasteiger partial charge on any atom is 0.270 e. The van der Waals surface area contributed by atoms with Crippen LogP contribution >= 0.6 is 0 Å². The first-order valence-electron chi connectivity index (χ1n) is 9.67. The van der Waals surface area contributed by atoms with Crippen LogP contribution in [-0.4, -0.2) is 65.4 Å². The molecule has 0 aromatic carbocycles. The fourth-order valence-corrected chi connectivity index (χ4v) is 3.94. The molecule has 2 fully saturated rings. The molecule has 3 heterocycles. The van der Waals surface area contributed by atoms with Crippen LogP contribution in [0.3, 0.4) is 0 Å². The van der Waals surface area contributed by atoms with Crippen LogP contribution < -0.4 is 5.32 Å². The molecule has 0 spiro atoms. The van der Waals surface area contributed by atoms with Crippen molar-refractivity contribution in [3.8, 4) is 0 Å². The van der Waals surface area contributed by atoms with Crippen LogP contribution in [0.5, 0.6) is 0 Å². The number of nitrogens with one attached hydrogen (secondary N) is 2. The molecule has 138 valence electrons. The number of hydrogen-bond acceptors (Lipinski definition) is 3. The van der Waals surface area contributed by atoms with E-state index in [0.29, 0.717) is 24.7 Å². The van der Waals surface area contributed by atoms with E-state index in [2.05, 4.69) is 15.2 Å². The summed E-state index contributed by atoms with van der Waals surface area (Å²) in [6, 6.07) is 4.06. The monoisotopic (exact) mass is 346 g/mol. The zero-order valence-corrected chi connectivity index (χ0v) is 15.0. The Morgan fingerprint density at radius 3 is 2.68 bits per heavy atom. The Balaban J connectivity index is 1.64. The molecule has 2 aliphatic rings. The highest BCUT2D eigenvalue weighted by Gasteiger charge is 2.25. The molecule has 2 saturated heterocycles. The minimum atomic E-state index is 0.0825. The van der Waals surface area contributed by atoms with Gasteiger partial charge in [0, 0.05) is 44.8 Å². The van der Waals surface area contributed by atoms with Crippen LogP contribution in [0, 0.1) is 0 Å². The molecule has 1 aromatic heterocycles. The summed E-state index contributed by atoms with van der Waals surface area (Å²) in [7, 11) is 0. The lowest BCUT2D eigenvalue weighted by atomic mass is 9.98. The zero-order valence-electron chi connectivity index (χ0n) is 15.0. The van der Waals surface area contributed by atoms with Crippen molar-refractivity contribution in [2.24, 2.45) is 0 Å². The second-order valence-corrected chi connectivity index (χ2v) is 7.18. The van der Waals surface area contributed by atoms with Gasteiger partial charge in [0.15, 0.2) is 0 Å². The minimum Gasteiger partial charge on any atom is -0.357 e. The third-order valence-electron chi connectivity index (χ3n) is 5.34. The number of carbonyl (C=O) groups is 2. The molecule has 25 heavy (non-hydrogen) atoms. The number of nitrogens with zero attached hydrogens (tertiary/aromatic N) is 2. The Bertz CT molecular complexity index is 558. The smallest absolute Gasteiger partial charge is 0.270 e. The van der Waals surface area contributed by atoms with Gasteiger partial charge < -0.3 is 15.2 Å². The Kier molecular flexibility index (Phi) is 6.50. The lowest BCUT2D eigenvalue weighted by molar-refractivity contribution is -0.122. The van der Waals surface area contributed by atoms with E-state index in [-0.39, 0.29) is 11.8 Å². The van der Waals surface area contributed by atoms with E-state index in [1.54, 1.807) is 6.20 Å². The van der Waals surface area contributed by atoms with Crippen LogP contribution in [-0.2, 0) is 4.79 Å². The quantitative estimate of drug-likeness (QED) is 0.817. The third-order valence-corrected chi connectivity index (χ3v) is 5.34. The van der Waals surface area contributed by atoms with Gasteiger partial charge in [0.1, 0.15) is 5.69 Å². The first kappa shape index (κ1) is 18.0. The summed E-state index contributed by atoms with van der Waals surface area (Å²) in [5.41, 5.74) is 0.661. The molecule has 1 unspecified atom stereocenters. The molecular weight excluding hydrogens is 316 g/mol. The van der Waals surface area contributed by atoms with Gasteiger partial charge in [-0.05, 0) is 50.8 Å². The van der Waals surface area contributed by atoms with Gasteiger partial charge in [0.25, 0.3) is 5.91 Å². The van der Waals surface area contributed by atoms with Crippen molar-refractivity contribution < 1.29 is 9.59 Å². The predicted octanol–water partition coefficient (Wildman–Crippen LogP) is 2.00. The van der Waals surface area contributed by atoms with Crippen LogP contribution in [0.2, 0.25) is 0 Å². The topological polar surface area (TPSA) is 68.4 Å². The van der Waals surface area contributed by atoms with Crippen LogP contribution in [0.15, 0.2) is 18.3 Å². The standard InChI is InChI=1S/C19H30N4O2/c24-18-15-16-7-1-3-11-22(16)13-6-14-23(12-4-2-9-21-18)19(25)17-8-5-10-20-17/h5,8,10,16,20H,1-4,6-7,9,11-15H2,(H,21,24). The van der Waals surface area contributed by atoms with E-state index in [1.165, 1.54) is 12.8 Å². The molecular formula is C19H30N4O2. The summed E-state index contributed by atoms with van der Waals surface area (Å²) in [5.74, 6) is 0.259. The molecule has 0 saturated carbocycles. The second-order valence-electron chi connectivity index (χ2n) is 7.18. The highest BCUT2D eigenvalue weighted by atomic mass is 16.2. The number of amides is 2. The minimum absolute atomic E-state index is 0.0825. The number of aromatic nitrogens is 1. The number of hydrogen-bond donors (Lipinski definition) is 2. The summed E-state index contributed by atoms with van der Waals surface area (Å²) in [4.78, 5) is 32.3. The van der Waals surface area contributed by atoms with Crippen molar-refractivity contribution in [3.05, 3.63) is 24.0 Å². The fourth-order valence-electron chi connectivity index (χ4n) is 3.94. The number of carbonyl (C=O) groups excluding carboxylic acids is 2. The Labute approximate surface area is 149 Å². The van der Waals surface area contributed by atoms with Gasteiger partial charge >= 0.3 is 0 Å². The number of piperidine rings is 1. The van der Waals surface area contributed by atoms with Crippen molar-refractivity contribution >= 4 is 11.8 Å². The Morgan fingerprint density at radius 2 is 1.84 bits per heavy atom. The van der Waals surface area contributed by atoms with E-state index in [9.17, 15) is 9.59 Å². The van der Waals surface area contributed by atoms with E-state index < -0.39 is 0 Å². The van der Waals surface area contributed by atoms with Gasteiger partial charge in [-0.2, -0.15) is 0 Å². The largest absolute Gasteiger partial charge is 0.357 e. The first-order chi connectivity index (χ1) is 12.2. The van der Waals surface area contributed by atoms with Crippen LogP contribution in [0.4, 0.5) is 0 Å².